The fraction of sp³-hybridized carbons (Fsp3) is 0.391. The maximum absolute atomic E-state index is 12.9. The van der Waals surface area contributed by atoms with E-state index in [-0.39, 0.29) is 11.8 Å². The molecule has 6 heteroatoms. The molecule has 0 aromatic heterocycles. The zero-order valence-corrected chi connectivity index (χ0v) is 17.6. The fourth-order valence-electron chi connectivity index (χ4n) is 3.34. The van der Waals surface area contributed by atoms with Crippen LogP contribution in [-0.4, -0.2) is 41.6 Å². The highest BCUT2D eigenvalue weighted by Crippen LogP contribution is 2.26. The van der Waals surface area contributed by atoms with Crippen molar-refractivity contribution in [3.63, 3.8) is 0 Å². The molecule has 1 fully saturated rings. The second kappa shape index (κ2) is 10.9. The number of ether oxygens (including phenoxy) is 1. The Bertz CT molecular complexity index is 788. The molecule has 0 spiro atoms. The molecule has 1 atom stereocenters. The summed E-state index contributed by atoms with van der Waals surface area (Å²) in [5, 5.41) is 2.84. The molecule has 2 aromatic rings. The first-order chi connectivity index (χ1) is 14.1. The Morgan fingerprint density at radius 3 is 2.21 bits per heavy atom. The van der Waals surface area contributed by atoms with Gasteiger partial charge in [-0.15, -0.1) is 11.8 Å². The van der Waals surface area contributed by atoms with Crippen LogP contribution in [0.25, 0.3) is 0 Å². The second-order valence-electron chi connectivity index (χ2n) is 7.19. The van der Waals surface area contributed by atoms with Crippen LogP contribution in [0.4, 0.5) is 0 Å². The molecule has 3 rings (SSSR count). The number of rotatable bonds is 7. The lowest BCUT2D eigenvalue weighted by molar-refractivity contribution is -0.135. The van der Waals surface area contributed by atoms with Gasteiger partial charge in [0.25, 0.3) is 0 Å². The topological polar surface area (TPSA) is 58.6 Å². The molecule has 1 aliphatic heterocycles. The van der Waals surface area contributed by atoms with Gasteiger partial charge in [-0.1, -0.05) is 31.0 Å². The predicted molar refractivity (Wildman–Crippen MR) is 116 cm³/mol. The number of para-hydroxylation sites is 1. The second-order valence-corrected chi connectivity index (χ2v) is 8.28. The van der Waals surface area contributed by atoms with Crippen molar-refractivity contribution in [2.45, 2.75) is 43.5 Å². The van der Waals surface area contributed by atoms with Gasteiger partial charge in [0.15, 0.2) is 0 Å². The molecule has 5 nitrogen and oxygen atoms in total. The highest BCUT2D eigenvalue weighted by atomic mass is 32.2. The van der Waals surface area contributed by atoms with Gasteiger partial charge in [-0.05, 0) is 49.2 Å². The van der Waals surface area contributed by atoms with Crippen LogP contribution in [-0.2, 0) is 9.59 Å². The molecular weight excluding hydrogens is 384 g/mol. The molecular formula is C23H28N2O3S. The van der Waals surface area contributed by atoms with E-state index in [4.69, 9.17) is 4.74 Å². The van der Waals surface area contributed by atoms with Gasteiger partial charge < -0.3 is 15.0 Å². The summed E-state index contributed by atoms with van der Waals surface area (Å²) in [6.45, 7) is 3.03. The Hall–Kier alpha value is -2.47. The maximum atomic E-state index is 12.9. The van der Waals surface area contributed by atoms with Crippen LogP contribution in [0.1, 0.15) is 32.6 Å². The van der Waals surface area contributed by atoms with Crippen molar-refractivity contribution in [2.75, 3.05) is 18.8 Å². The summed E-state index contributed by atoms with van der Waals surface area (Å²) in [4.78, 5) is 27.5. The first kappa shape index (κ1) is 21.2. The number of carbonyl (C=O) groups is 2. The first-order valence-corrected chi connectivity index (χ1v) is 11.1. The van der Waals surface area contributed by atoms with E-state index in [9.17, 15) is 9.59 Å². The van der Waals surface area contributed by atoms with Gasteiger partial charge in [0.05, 0.1) is 0 Å². The molecule has 1 saturated heterocycles. The van der Waals surface area contributed by atoms with E-state index in [0.29, 0.717) is 5.75 Å². The Morgan fingerprint density at radius 1 is 0.966 bits per heavy atom. The molecule has 1 heterocycles. The van der Waals surface area contributed by atoms with Crippen LogP contribution in [0.3, 0.4) is 0 Å². The van der Waals surface area contributed by atoms with E-state index in [1.807, 2.05) is 59.5 Å². The molecule has 2 aromatic carbocycles. The minimum atomic E-state index is -0.504. The number of likely N-dealkylation sites (tertiary alicyclic amines) is 1. The van der Waals surface area contributed by atoms with Gasteiger partial charge >= 0.3 is 0 Å². The van der Waals surface area contributed by atoms with Crippen LogP contribution < -0.4 is 10.1 Å². The standard InChI is InChI=1S/C23H28N2O3S/c1-18(26)24-22(23(27)25-15-7-2-3-8-16-25)17-29-21-13-11-20(12-14-21)28-19-9-5-4-6-10-19/h4-6,9-14,22H,2-3,7-8,15-17H2,1H3,(H,24,26). The number of hydrogen-bond donors (Lipinski definition) is 1. The number of carbonyl (C=O) groups excluding carboxylic acids is 2. The molecule has 0 radical (unpaired) electrons. The minimum absolute atomic E-state index is 0.0265. The van der Waals surface area contributed by atoms with Crippen LogP contribution in [0.15, 0.2) is 59.5 Å². The van der Waals surface area contributed by atoms with Gasteiger partial charge in [-0.25, -0.2) is 0 Å². The van der Waals surface area contributed by atoms with E-state index in [0.717, 1.165) is 42.3 Å². The lowest BCUT2D eigenvalue weighted by atomic mass is 10.2. The van der Waals surface area contributed by atoms with Crippen LogP contribution >= 0.6 is 11.8 Å². The molecule has 2 amide bonds. The first-order valence-electron chi connectivity index (χ1n) is 10.1. The molecule has 0 aliphatic carbocycles. The van der Waals surface area contributed by atoms with Gasteiger partial charge in [0, 0.05) is 30.7 Å². The summed E-state index contributed by atoms with van der Waals surface area (Å²) in [5.41, 5.74) is 0. The summed E-state index contributed by atoms with van der Waals surface area (Å²) in [6.07, 6.45) is 4.41. The van der Waals surface area contributed by atoms with Crippen molar-refractivity contribution in [3.05, 3.63) is 54.6 Å². The van der Waals surface area contributed by atoms with Crippen molar-refractivity contribution >= 4 is 23.6 Å². The molecule has 29 heavy (non-hydrogen) atoms. The van der Waals surface area contributed by atoms with Crippen LogP contribution in [0.5, 0.6) is 11.5 Å². The quantitative estimate of drug-likeness (QED) is 0.682. The van der Waals surface area contributed by atoms with Crippen molar-refractivity contribution in [1.82, 2.24) is 10.2 Å². The van der Waals surface area contributed by atoms with E-state index in [1.54, 1.807) is 11.8 Å². The monoisotopic (exact) mass is 412 g/mol. The van der Waals surface area contributed by atoms with E-state index in [2.05, 4.69) is 5.32 Å². The number of nitrogens with zero attached hydrogens (tertiary/aromatic N) is 1. The van der Waals surface area contributed by atoms with E-state index >= 15 is 0 Å². The number of amides is 2. The molecule has 1 unspecified atom stereocenters. The highest BCUT2D eigenvalue weighted by Gasteiger charge is 2.25. The smallest absolute Gasteiger partial charge is 0.246 e. The predicted octanol–water partition coefficient (Wildman–Crippen LogP) is 4.48. The minimum Gasteiger partial charge on any atom is -0.457 e. The third-order valence-corrected chi connectivity index (χ3v) is 5.92. The van der Waals surface area contributed by atoms with Crippen LogP contribution in [0.2, 0.25) is 0 Å². The van der Waals surface area contributed by atoms with E-state index in [1.165, 1.54) is 19.8 Å². The SMILES string of the molecule is CC(=O)NC(CSc1ccc(Oc2ccccc2)cc1)C(=O)N1CCCCCC1. The number of hydrogen-bond acceptors (Lipinski definition) is 4. The summed E-state index contributed by atoms with van der Waals surface area (Å²) >= 11 is 1.57. The molecule has 0 saturated carbocycles. The number of nitrogens with one attached hydrogen (secondary N) is 1. The number of benzene rings is 2. The Kier molecular flexibility index (Phi) is 7.99. The van der Waals surface area contributed by atoms with Gasteiger partial charge in [0.1, 0.15) is 17.5 Å². The summed E-state index contributed by atoms with van der Waals surface area (Å²) < 4.78 is 5.81. The lowest BCUT2D eigenvalue weighted by Crippen LogP contribution is -2.49. The lowest BCUT2D eigenvalue weighted by Gasteiger charge is -2.26. The van der Waals surface area contributed by atoms with Gasteiger partial charge in [-0.2, -0.15) is 0 Å². The van der Waals surface area contributed by atoms with Crippen molar-refractivity contribution in [2.24, 2.45) is 0 Å². The Labute approximate surface area is 176 Å². The molecule has 154 valence electrons. The summed E-state index contributed by atoms with van der Waals surface area (Å²) in [6, 6.07) is 16.9. The largest absolute Gasteiger partial charge is 0.457 e. The highest BCUT2D eigenvalue weighted by molar-refractivity contribution is 7.99. The van der Waals surface area contributed by atoms with Crippen molar-refractivity contribution in [1.29, 1.82) is 0 Å². The summed E-state index contributed by atoms with van der Waals surface area (Å²) in [5.74, 6) is 1.92. The fourth-order valence-corrected chi connectivity index (χ4v) is 4.25. The van der Waals surface area contributed by atoms with Crippen molar-refractivity contribution in [3.8, 4) is 11.5 Å². The van der Waals surface area contributed by atoms with Gasteiger partial charge in [-0.3, -0.25) is 9.59 Å². The third kappa shape index (κ3) is 6.82. The third-order valence-electron chi connectivity index (χ3n) is 4.81. The number of thioether (sulfide) groups is 1. The normalized spacial score (nSPS) is 15.3. The van der Waals surface area contributed by atoms with Gasteiger partial charge in [0.2, 0.25) is 11.8 Å². The Balaban J connectivity index is 1.58. The average Bonchev–Trinajstić information content (AvgIpc) is 3.02. The van der Waals surface area contributed by atoms with Crippen molar-refractivity contribution < 1.29 is 14.3 Å². The zero-order chi connectivity index (χ0) is 20.5. The van der Waals surface area contributed by atoms with E-state index < -0.39 is 6.04 Å². The molecule has 1 aliphatic rings. The Morgan fingerprint density at radius 2 is 1.59 bits per heavy atom. The maximum Gasteiger partial charge on any atom is 0.246 e. The molecule has 1 N–H and O–H groups in total. The summed E-state index contributed by atoms with van der Waals surface area (Å²) in [7, 11) is 0. The molecule has 0 bridgehead atoms. The zero-order valence-electron chi connectivity index (χ0n) is 16.8. The van der Waals surface area contributed by atoms with Crippen LogP contribution in [0, 0.1) is 0 Å². The average molecular weight is 413 g/mol.